The third kappa shape index (κ3) is 3.65. The molecule has 4 aromatic rings. The number of hydrogen-bond acceptors (Lipinski definition) is 6. The third-order valence-corrected chi connectivity index (χ3v) is 7.61. The zero-order chi connectivity index (χ0) is 25.1. The second-order valence-corrected chi connectivity index (χ2v) is 10.2. The average Bonchev–Trinajstić information content (AvgIpc) is 3.51. The SMILES string of the molecule is CC1Cc2cc(C(O)=C3C(=O)C(=O)N(c4nc5ccc(F)cc5s4)C3c3ccc(Cl)cc3)ccc2O1. The van der Waals surface area contributed by atoms with Crippen LogP contribution in [0.3, 0.4) is 0 Å². The number of ketones is 1. The van der Waals surface area contributed by atoms with Gasteiger partial charge in [0.2, 0.25) is 0 Å². The van der Waals surface area contributed by atoms with Crippen LogP contribution < -0.4 is 9.64 Å². The fraction of sp³-hybridized carbons (Fsp3) is 0.148. The number of ether oxygens (including phenoxy) is 1. The van der Waals surface area contributed by atoms with Gasteiger partial charge in [-0.05, 0) is 66.6 Å². The van der Waals surface area contributed by atoms with E-state index in [0.29, 0.717) is 32.8 Å². The lowest BCUT2D eigenvalue weighted by Gasteiger charge is -2.23. The number of rotatable bonds is 3. The number of fused-ring (bicyclic) bond motifs is 2. The van der Waals surface area contributed by atoms with E-state index in [2.05, 4.69) is 4.98 Å². The van der Waals surface area contributed by atoms with Gasteiger partial charge in [-0.1, -0.05) is 35.1 Å². The molecule has 2 aliphatic heterocycles. The van der Waals surface area contributed by atoms with Gasteiger partial charge in [0.05, 0.1) is 21.8 Å². The number of amides is 1. The molecule has 1 aromatic heterocycles. The number of thiazole rings is 1. The molecule has 180 valence electrons. The number of aliphatic hydroxyl groups is 1. The van der Waals surface area contributed by atoms with Gasteiger partial charge in [-0.15, -0.1) is 0 Å². The van der Waals surface area contributed by atoms with E-state index >= 15 is 0 Å². The van der Waals surface area contributed by atoms with E-state index < -0.39 is 23.5 Å². The van der Waals surface area contributed by atoms with Crippen LogP contribution in [0.4, 0.5) is 9.52 Å². The van der Waals surface area contributed by atoms with Crippen molar-refractivity contribution in [3.05, 3.63) is 93.8 Å². The first-order chi connectivity index (χ1) is 17.3. The van der Waals surface area contributed by atoms with Gasteiger partial charge in [0, 0.05) is 17.0 Å². The highest BCUT2D eigenvalue weighted by Gasteiger charge is 2.48. The highest BCUT2D eigenvalue weighted by atomic mass is 35.5. The fourth-order valence-electron chi connectivity index (χ4n) is 4.70. The number of carbonyl (C=O) groups excluding carboxylic acids is 2. The Kier molecular flexibility index (Phi) is 5.31. The highest BCUT2D eigenvalue weighted by Crippen LogP contribution is 2.45. The Bertz CT molecular complexity index is 1600. The zero-order valence-electron chi connectivity index (χ0n) is 18.9. The Balaban J connectivity index is 1.53. The van der Waals surface area contributed by atoms with Crippen molar-refractivity contribution in [3.8, 4) is 5.75 Å². The number of halogens is 2. The number of anilines is 1. The van der Waals surface area contributed by atoms with Crippen molar-refractivity contribution in [2.45, 2.75) is 25.5 Å². The van der Waals surface area contributed by atoms with Gasteiger partial charge in [0.1, 0.15) is 23.4 Å². The van der Waals surface area contributed by atoms with E-state index in [1.807, 2.05) is 6.92 Å². The van der Waals surface area contributed by atoms with Crippen LogP contribution in [0.25, 0.3) is 16.0 Å². The fourth-order valence-corrected chi connectivity index (χ4v) is 5.85. The number of aromatic nitrogens is 1. The summed E-state index contributed by atoms with van der Waals surface area (Å²) in [7, 11) is 0. The molecule has 0 aliphatic carbocycles. The predicted octanol–water partition coefficient (Wildman–Crippen LogP) is 6.04. The molecule has 0 saturated carbocycles. The largest absolute Gasteiger partial charge is 0.507 e. The molecule has 3 heterocycles. The van der Waals surface area contributed by atoms with E-state index in [1.54, 1.807) is 42.5 Å². The number of aliphatic hydroxyl groups excluding tert-OH is 1. The molecular formula is C27H18ClFN2O4S. The van der Waals surface area contributed by atoms with Gasteiger partial charge < -0.3 is 9.84 Å². The summed E-state index contributed by atoms with van der Waals surface area (Å²) in [5.41, 5.74) is 2.34. The highest BCUT2D eigenvalue weighted by molar-refractivity contribution is 7.22. The standard InChI is InChI=1S/C27H18ClFN2O4S/c1-13-10-16-11-15(4-9-20(16)35-13)24(32)22-23(14-2-5-17(28)6-3-14)31(26(34)25(22)33)27-30-19-8-7-18(29)12-21(19)36-27/h2-9,11-13,23,32H,10H2,1H3. The number of nitrogens with zero attached hydrogens (tertiary/aromatic N) is 2. The van der Waals surface area contributed by atoms with Gasteiger partial charge in [-0.25, -0.2) is 9.37 Å². The van der Waals surface area contributed by atoms with E-state index in [0.717, 1.165) is 22.6 Å². The summed E-state index contributed by atoms with van der Waals surface area (Å²) in [5, 5.41) is 12.1. The number of hydrogen-bond donors (Lipinski definition) is 1. The van der Waals surface area contributed by atoms with Crippen molar-refractivity contribution in [2.75, 3.05) is 4.90 Å². The Morgan fingerprint density at radius 2 is 1.92 bits per heavy atom. The normalized spacial score (nSPS) is 20.7. The lowest BCUT2D eigenvalue weighted by Crippen LogP contribution is -2.29. The predicted molar refractivity (Wildman–Crippen MR) is 136 cm³/mol. The van der Waals surface area contributed by atoms with Crippen molar-refractivity contribution in [1.82, 2.24) is 4.98 Å². The average molecular weight is 521 g/mol. The summed E-state index contributed by atoms with van der Waals surface area (Å²) in [6, 6.07) is 15.1. The van der Waals surface area contributed by atoms with Crippen molar-refractivity contribution in [3.63, 3.8) is 0 Å². The summed E-state index contributed by atoms with van der Waals surface area (Å²) in [4.78, 5) is 32.5. The maximum Gasteiger partial charge on any atom is 0.301 e. The van der Waals surface area contributed by atoms with Crippen LogP contribution in [0.15, 0.2) is 66.2 Å². The van der Waals surface area contributed by atoms with Crippen LogP contribution in [0.1, 0.15) is 29.7 Å². The molecule has 6 rings (SSSR count). The first kappa shape index (κ1) is 22.7. The minimum Gasteiger partial charge on any atom is -0.507 e. The minimum atomic E-state index is -0.948. The van der Waals surface area contributed by atoms with Crippen LogP contribution >= 0.6 is 22.9 Å². The summed E-state index contributed by atoms with van der Waals surface area (Å²) in [5.74, 6) is -1.64. The van der Waals surface area contributed by atoms with Crippen LogP contribution in [-0.4, -0.2) is 27.9 Å². The summed E-state index contributed by atoms with van der Waals surface area (Å²) in [6.07, 6.45) is 0.689. The molecule has 0 bridgehead atoms. The Labute approximate surface area is 214 Å². The van der Waals surface area contributed by atoms with Gasteiger partial charge in [-0.3, -0.25) is 14.5 Å². The summed E-state index contributed by atoms with van der Waals surface area (Å²) < 4.78 is 20.1. The topological polar surface area (TPSA) is 79.7 Å². The van der Waals surface area contributed by atoms with Gasteiger partial charge in [-0.2, -0.15) is 0 Å². The molecule has 1 N–H and O–H groups in total. The molecule has 2 atom stereocenters. The molecule has 1 saturated heterocycles. The molecule has 0 radical (unpaired) electrons. The van der Waals surface area contributed by atoms with Crippen molar-refractivity contribution >= 4 is 55.7 Å². The van der Waals surface area contributed by atoms with E-state index in [9.17, 15) is 19.1 Å². The molecule has 0 spiro atoms. The Hall–Kier alpha value is -3.75. The number of carbonyl (C=O) groups is 2. The second kappa shape index (κ2) is 8.43. The van der Waals surface area contributed by atoms with E-state index in [1.165, 1.54) is 23.1 Å². The number of benzene rings is 3. The molecule has 6 nitrogen and oxygen atoms in total. The van der Waals surface area contributed by atoms with Gasteiger partial charge >= 0.3 is 5.91 Å². The first-order valence-electron chi connectivity index (χ1n) is 11.2. The molecule has 2 unspecified atom stereocenters. The van der Waals surface area contributed by atoms with Crippen LogP contribution in [0, 0.1) is 5.82 Å². The quantitative estimate of drug-likeness (QED) is 0.202. The first-order valence-corrected chi connectivity index (χ1v) is 12.4. The Morgan fingerprint density at radius 3 is 2.69 bits per heavy atom. The van der Waals surface area contributed by atoms with Crippen molar-refractivity contribution in [1.29, 1.82) is 0 Å². The molecular weight excluding hydrogens is 503 g/mol. The van der Waals surface area contributed by atoms with Gasteiger partial charge in [0.25, 0.3) is 5.78 Å². The molecule has 9 heteroatoms. The maximum atomic E-state index is 13.8. The molecule has 3 aromatic carbocycles. The smallest absolute Gasteiger partial charge is 0.301 e. The Morgan fingerprint density at radius 1 is 1.14 bits per heavy atom. The molecule has 1 amide bonds. The van der Waals surface area contributed by atoms with Crippen LogP contribution in [0.5, 0.6) is 5.75 Å². The lowest BCUT2D eigenvalue weighted by molar-refractivity contribution is -0.132. The summed E-state index contributed by atoms with van der Waals surface area (Å²) >= 11 is 7.19. The number of Topliss-reactive ketones (excluding diaryl/α,β-unsaturated/α-hetero) is 1. The van der Waals surface area contributed by atoms with E-state index in [4.69, 9.17) is 16.3 Å². The van der Waals surface area contributed by atoms with E-state index in [-0.39, 0.29) is 22.6 Å². The molecule has 36 heavy (non-hydrogen) atoms. The second-order valence-electron chi connectivity index (χ2n) is 8.78. The third-order valence-electron chi connectivity index (χ3n) is 6.34. The molecule has 1 fully saturated rings. The monoisotopic (exact) mass is 520 g/mol. The van der Waals surface area contributed by atoms with Crippen LogP contribution in [0.2, 0.25) is 5.02 Å². The lowest BCUT2D eigenvalue weighted by atomic mass is 9.94. The summed E-state index contributed by atoms with van der Waals surface area (Å²) in [6.45, 7) is 1.95. The van der Waals surface area contributed by atoms with Gasteiger partial charge in [0.15, 0.2) is 5.13 Å². The zero-order valence-corrected chi connectivity index (χ0v) is 20.4. The van der Waals surface area contributed by atoms with Crippen molar-refractivity contribution < 1.29 is 23.8 Å². The maximum absolute atomic E-state index is 13.8. The minimum absolute atomic E-state index is 0.0147. The molecule has 2 aliphatic rings. The van der Waals surface area contributed by atoms with Crippen LogP contribution in [-0.2, 0) is 16.0 Å². The van der Waals surface area contributed by atoms with Crippen molar-refractivity contribution in [2.24, 2.45) is 0 Å².